The SMILES string of the molecule is CSCCC(NC(=O)c1ccccc1Cl)C(=O)Nc1cccc(C(=O)NC2CC2)c1. The van der Waals surface area contributed by atoms with Gasteiger partial charge in [-0.05, 0) is 61.6 Å². The molecule has 8 heteroatoms. The average molecular weight is 446 g/mol. The summed E-state index contributed by atoms with van der Waals surface area (Å²) in [6.45, 7) is 0. The van der Waals surface area contributed by atoms with Gasteiger partial charge in [-0.3, -0.25) is 14.4 Å². The predicted octanol–water partition coefficient (Wildman–Crippen LogP) is 3.72. The van der Waals surface area contributed by atoms with Crippen LogP contribution in [0.3, 0.4) is 0 Å². The number of benzene rings is 2. The van der Waals surface area contributed by atoms with Crippen molar-refractivity contribution in [2.24, 2.45) is 0 Å². The lowest BCUT2D eigenvalue weighted by atomic mass is 10.1. The van der Waals surface area contributed by atoms with Crippen LogP contribution in [0.2, 0.25) is 5.02 Å². The summed E-state index contributed by atoms with van der Waals surface area (Å²) in [5, 5.41) is 8.84. The van der Waals surface area contributed by atoms with Crippen molar-refractivity contribution in [3.8, 4) is 0 Å². The first-order chi connectivity index (χ1) is 14.5. The van der Waals surface area contributed by atoms with E-state index in [1.54, 1.807) is 60.3 Å². The van der Waals surface area contributed by atoms with Gasteiger partial charge in [-0.25, -0.2) is 0 Å². The molecule has 3 rings (SSSR count). The molecular formula is C22H24ClN3O3S. The van der Waals surface area contributed by atoms with Crippen LogP contribution in [0.25, 0.3) is 0 Å². The first-order valence-electron chi connectivity index (χ1n) is 9.74. The quantitative estimate of drug-likeness (QED) is 0.549. The fourth-order valence-corrected chi connectivity index (χ4v) is 3.54. The molecule has 0 aliphatic heterocycles. The van der Waals surface area contributed by atoms with Crippen LogP contribution in [0, 0.1) is 0 Å². The third kappa shape index (κ3) is 6.24. The molecule has 0 heterocycles. The molecule has 158 valence electrons. The highest BCUT2D eigenvalue weighted by molar-refractivity contribution is 7.98. The Bertz CT molecular complexity index is 933. The number of thioether (sulfide) groups is 1. The zero-order chi connectivity index (χ0) is 21.5. The van der Waals surface area contributed by atoms with E-state index in [1.807, 2.05) is 6.26 Å². The van der Waals surface area contributed by atoms with Crippen molar-refractivity contribution >= 4 is 46.8 Å². The lowest BCUT2D eigenvalue weighted by Crippen LogP contribution is -2.44. The van der Waals surface area contributed by atoms with Crippen LogP contribution >= 0.6 is 23.4 Å². The van der Waals surface area contributed by atoms with Crippen molar-refractivity contribution in [2.45, 2.75) is 31.3 Å². The first kappa shape index (κ1) is 22.2. The maximum absolute atomic E-state index is 12.9. The number of rotatable bonds is 9. The molecule has 0 spiro atoms. The number of amides is 3. The van der Waals surface area contributed by atoms with Gasteiger partial charge in [0.1, 0.15) is 6.04 Å². The molecule has 0 saturated heterocycles. The molecule has 0 radical (unpaired) electrons. The molecule has 0 bridgehead atoms. The van der Waals surface area contributed by atoms with E-state index < -0.39 is 11.9 Å². The Labute approximate surface area is 185 Å². The number of hydrogen-bond donors (Lipinski definition) is 3. The molecule has 1 atom stereocenters. The monoisotopic (exact) mass is 445 g/mol. The van der Waals surface area contributed by atoms with E-state index >= 15 is 0 Å². The van der Waals surface area contributed by atoms with Crippen LogP contribution in [-0.2, 0) is 4.79 Å². The average Bonchev–Trinajstić information content (AvgIpc) is 3.55. The Hall–Kier alpha value is -2.51. The lowest BCUT2D eigenvalue weighted by molar-refractivity contribution is -0.118. The molecule has 1 aliphatic carbocycles. The van der Waals surface area contributed by atoms with Gasteiger partial charge in [0, 0.05) is 17.3 Å². The van der Waals surface area contributed by atoms with Crippen molar-refractivity contribution in [3.05, 3.63) is 64.7 Å². The lowest BCUT2D eigenvalue weighted by Gasteiger charge is -2.19. The minimum Gasteiger partial charge on any atom is -0.349 e. The Morgan fingerprint density at radius 2 is 1.87 bits per heavy atom. The molecule has 6 nitrogen and oxygen atoms in total. The van der Waals surface area contributed by atoms with Gasteiger partial charge in [0.2, 0.25) is 5.91 Å². The number of nitrogens with one attached hydrogen (secondary N) is 3. The van der Waals surface area contributed by atoms with Gasteiger partial charge < -0.3 is 16.0 Å². The second-order valence-electron chi connectivity index (χ2n) is 7.11. The van der Waals surface area contributed by atoms with Crippen molar-refractivity contribution in [3.63, 3.8) is 0 Å². The smallest absolute Gasteiger partial charge is 0.253 e. The molecule has 0 aromatic heterocycles. The summed E-state index contributed by atoms with van der Waals surface area (Å²) < 4.78 is 0. The van der Waals surface area contributed by atoms with E-state index in [4.69, 9.17) is 11.6 Å². The van der Waals surface area contributed by atoms with E-state index in [0.29, 0.717) is 34.0 Å². The highest BCUT2D eigenvalue weighted by Crippen LogP contribution is 2.20. The minimum atomic E-state index is -0.731. The predicted molar refractivity (Wildman–Crippen MR) is 121 cm³/mol. The summed E-state index contributed by atoms with van der Waals surface area (Å²) >= 11 is 7.69. The van der Waals surface area contributed by atoms with E-state index in [2.05, 4.69) is 16.0 Å². The molecule has 3 amide bonds. The van der Waals surface area contributed by atoms with Crippen LogP contribution in [-0.4, -0.2) is 41.8 Å². The standard InChI is InChI=1S/C22H24ClN3O3S/c1-30-12-11-19(26-21(28)17-7-2-3-8-18(17)23)22(29)25-16-6-4-5-14(13-16)20(27)24-15-9-10-15/h2-8,13,15,19H,9-12H2,1H3,(H,24,27)(H,25,29)(H,26,28). The fourth-order valence-electron chi connectivity index (χ4n) is 2.85. The van der Waals surface area contributed by atoms with Gasteiger partial charge in [-0.15, -0.1) is 0 Å². The third-order valence-electron chi connectivity index (χ3n) is 4.66. The Kier molecular flexibility index (Phi) is 7.76. The van der Waals surface area contributed by atoms with Crippen LogP contribution in [0.5, 0.6) is 0 Å². The Balaban J connectivity index is 1.68. The number of carbonyl (C=O) groups excluding carboxylic acids is 3. The maximum atomic E-state index is 12.9. The van der Waals surface area contributed by atoms with Gasteiger partial charge in [0.05, 0.1) is 10.6 Å². The number of carbonyl (C=O) groups is 3. The molecule has 1 unspecified atom stereocenters. The highest BCUT2D eigenvalue weighted by atomic mass is 35.5. The zero-order valence-corrected chi connectivity index (χ0v) is 18.2. The van der Waals surface area contributed by atoms with Crippen LogP contribution < -0.4 is 16.0 Å². The van der Waals surface area contributed by atoms with Gasteiger partial charge >= 0.3 is 0 Å². The van der Waals surface area contributed by atoms with Crippen molar-refractivity contribution in [2.75, 3.05) is 17.3 Å². The number of anilines is 1. The normalized spacial score (nSPS) is 13.9. The number of halogens is 1. The maximum Gasteiger partial charge on any atom is 0.253 e. The zero-order valence-electron chi connectivity index (χ0n) is 16.6. The summed E-state index contributed by atoms with van der Waals surface area (Å²) in [6.07, 6.45) is 4.41. The summed E-state index contributed by atoms with van der Waals surface area (Å²) in [6, 6.07) is 13.0. The first-order valence-corrected chi connectivity index (χ1v) is 11.5. The van der Waals surface area contributed by atoms with Crippen molar-refractivity contribution in [1.82, 2.24) is 10.6 Å². The van der Waals surface area contributed by atoms with Crippen LogP contribution in [0.4, 0.5) is 5.69 Å². The van der Waals surface area contributed by atoms with E-state index in [9.17, 15) is 14.4 Å². The topological polar surface area (TPSA) is 87.3 Å². The second kappa shape index (κ2) is 10.5. The Morgan fingerprint density at radius 3 is 2.57 bits per heavy atom. The van der Waals surface area contributed by atoms with Gasteiger partial charge in [0.15, 0.2) is 0 Å². The molecule has 30 heavy (non-hydrogen) atoms. The molecule has 2 aromatic rings. The second-order valence-corrected chi connectivity index (χ2v) is 8.50. The van der Waals surface area contributed by atoms with Gasteiger partial charge in [-0.1, -0.05) is 29.8 Å². The van der Waals surface area contributed by atoms with Crippen LogP contribution in [0.1, 0.15) is 40.0 Å². The molecular weight excluding hydrogens is 422 g/mol. The molecule has 1 saturated carbocycles. The van der Waals surface area contributed by atoms with Crippen molar-refractivity contribution in [1.29, 1.82) is 0 Å². The van der Waals surface area contributed by atoms with E-state index in [-0.39, 0.29) is 17.9 Å². The van der Waals surface area contributed by atoms with Gasteiger partial charge in [-0.2, -0.15) is 11.8 Å². The molecule has 2 aromatic carbocycles. The largest absolute Gasteiger partial charge is 0.349 e. The summed E-state index contributed by atoms with van der Waals surface area (Å²) in [5.74, 6) is -0.201. The molecule has 3 N–H and O–H groups in total. The van der Waals surface area contributed by atoms with Gasteiger partial charge in [0.25, 0.3) is 11.8 Å². The minimum absolute atomic E-state index is 0.153. The highest BCUT2D eigenvalue weighted by Gasteiger charge is 2.25. The number of hydrogen-bond acceptors (Lipinski definition) is 4. The van der Waals surface area contributed by atoms with E-state index in [0.717, 1.165) is 12.8 Å². The molecule has 1 aliphatic rings. The summed E-state index contributed by atoms with van der Waals surface area (Å²) in [7, 11) is 0. The third-order valence-corrected chi connectivity index (χ3v) is 5.63. The van der Waals surface area contributed by atoms with E-state index in [1.165, 1.54) is 0 Å². The Morgan fingerprint density at radius 1 is 1.10 bits per heavy atom. The summed E-state index contributed by atoms with van der Waals surface area (Å²) in [5.41, 5.74) is 1.31. The van der Waals surface area contributed by atoms with Crippen molar-refractivity contribution < 1.29 is 14.4 Å². The summed E-state index contributed by atoms with van der Waals surface area (Å²) in [4.78, 5) is 37.7. The fraction of sp³-hybridized carbons (Fsp3) is 0.318. The van der Waals surface area contributed by atoms with Crippen LogP contribution in [0.15, 0.2) is 48.5 Å². The molecule has 1 fully saturated rings.